The van der Waals surface area contributed by atoms with Gasteiger partial charge in [-0.05, 0) is 18.1 Å². The smallest absolute Gasteiger partial charge is 0.343 e. The first-order valence-corrected chi connectivity index (χ1v) is 6.64. The molecule has 5 nitrogen and oxygen atoms in total. The molecule has 0 radical (unpaired) electrons. The van der Waals surface area contributed by atoms with E-state index in [1.165, 1.54) is 10.9 Å². The highest BCUT2D eigenvalue weighted by Crippen LogP contribution is 2.22. The SMILES string of the molecule is CC(C)c1c(C(=O)NCC(F)(F)F)cnn1-c1ccccn1. The fourth-order valence-electron chi connectivity index (χ4n) is 2.03. The summed E-state index contributed by atoms with van der Waals surface area (Å²) in [6.07, 6.45) is -1.62. The highest BCUT2D eigenvalue weighted by atomic mass is 19.4. The molecule has 0 atom stereocenters. The number of hydrogen-bond acceptors (Lipinski definition) is 3. The summed E-state index contributed by atoms with van der Waals surface area (Å²) in [5, 5.41) is 5.95. The topological polar surface area (TPSA) is 59.8 Å². The van der Waals surface area contributed by atoms with Crippen LogP contribution in [0.15, 0.2) is 30.6 Å². The molecule has 2 heterocycles. The molecular formula is C14H15F3N4O. The highest BCUT2D eigenvalue weighted by Gasteiger charge is 2.29. The predicted molar refractivity (Wildman–Crippen MR) is 73.8 cm³/mol. The average molecular weight is 312 g/mol. The van der Waals surface area contributed by atoms with Gasteiger partial charge in [-0.3, -0.25) is 4.79 Å². The van der Waals surface area contributed by atoms with Crippen molar-refractivity contribution in [3.05, 3.63) is 41.9 Å². The van der Waals surface area contributed by atoms with Gasteiger partial charge in [-0.2, -0.15) is 18.3 Å². The van der Waals surface area contributed by atoms with Crippen molar-refractivity contribution in [2.75, 3.05) is 6.54 Å². The first-order chi connectivity index (χ1) is 10.3. The maximum atomic E-state index is 12.2. The molecule has 1 N–H and O–H groups in total. The van der Waals surface area contributed by atoms with E-state index < -0.39 is 18.6 Å². The van der Waals surface area contributed by atoms with Gasteiger partial charge in [0.25, 0.3) is 5.91 Å². The van der Waals surface area contributed by atoms with Gasteiger partial charge in [-0.25, -0.2) is 9.67 Å². The summed E-state index contributed by atoms with van der Waals surface area (Å²) < 4.78 is 38.1. The Morgan fingerprint density at radius 2 is 2.09 bits per heavy atom. The fourth-order valence-corrected chi connectivity index (χ4v) is 2.03. The molecule has 0 aliphatic heterocycles. The maximum absolute atomic E-state index is 12.2. The minimum atomic E-state index is -4.45. The number of alkyl halides is 3. The Hall–Kier alpha value is -2.38. The lowest BCUT2D eigenvalue weighted by Gasteiger charge is -2.13. The monoisotopic (exact) mass is 312 g/mol. The van der Waals surface area contributed by atoms with Crippen LogP contribution in [0, 0.1) is 0 Å². The number of halogens is 3. The normalized spacial score (nSPS) is 11.7. The molecule has 0 aromatic carbocycles. The number of rotatable bonds is 4. The number of pyridine rings is 1. The second-order valence-electron chi connectivity index (χ2n) is 5.00. The Kier molecular flexibility index (Phi) is 4.48. The molecule has 1 amide bonds. The zero-order chi connectivity index (χ0) is 16.3. The molecule has 2 aromatic rings. The van der Waals surface area contributed by atoms with Gasteiger partial charge in [0.15, 0.2) is 5.82 Å². The van der Waals surface area contributed by atoms with Gasteiger partial charge in [0.05, 0.1) is 17.5 Å². The van der Waals surface area contributed by atoms with E-state index in [9.17, 15) is 18.0 Å². The summed E-state index contributed by atoms with van der Waals surface area (Å²) in [6, 6.07) is 5.20. The van der Waals surface area contributed by atoms with Crippen molar-refractivity contribution in [2.24, 2.45) is 0 Å². The van der Waals surface area contributed by atoms with Crippen molar-refractivity contribution in [1.29, 1.82) is 0 Å². The van der Waals surface area contributed by atoms with Crippen molar-refractivity contribution in [3.8, 4) is 5.82 Å². The minimum Gasteiger partial charge on any atom is -0.343 e. The minimum absolute atomic E-state index is 0.115. The van der Waals surface area contributed by atoms with E-state index in [2.05, 4.69) is 10.1 Å². The molecule has 0 aliphatic rings. The van der Waals surface area contributed by atoms with Crippen LogP contribution in [0.4, 0.5) is 13.2 Å². The van der Waals surface area contributed by atoms with Crippen molar-refractivity contribution < 1.29 is 18.0 Å². The number of carbonyl (C=O) groups is 1. The number of nitrogens with zero attached hydrogens (tertiary/aromatic N) is 3. The van der Waals surface area contributed by atoms with Gasteiger partial charge >= 0.3 is 6.18 Å². The molecule has 8 heteroatoms. The number of aromatic nitrogens is 3. The predicted octanol–water partition coefficient (Wildman–Crippen LogP) is 2.68. The summed E-state index contributed by atoms with van der Waals surface area (Å²) in [5.74, 6) is -0.416. The first-order valence-electron chi connectivity index (χ1n) is 6.64. The van der Waals surface area contributed by atoms with E-state index >= 15 is 0 Å². The highest BCUT2D eigenvalue weighted by molar-refractivity contribution is 5.95. The number of amides is 1. The molecular weight excluding hydrogens is 297 g/mol. The first kappa shape index (κ1) is 16.0. The van der Waals surface area contributed by atoms with Crippen LogP contribution in [0.25, 0.3) is 5.82 Å². The fraction of sp³-hybridized carbons (Fsp3) is 0.357. The molecule has 0 spiro atoms. The molecule has 0 saturated carbocycles. The van der Waals surface area contributed by atoms with E-state index in [-0.39, 0.29) is 11.5 Å². The Bertz CT molecular complexity index is 650. The third kappa shape index (κ3) is 3.63. The standard InChI is InChI=1S/C14H15F3N4O/c1-9(2)12-10(13(22)19-8-14(15,16)17)7-20-21(12)11-5-3-4-6-18-11/h3-7,9H,8H2,1-2H3,(H,19,22). The van der Waals surface area contributed by atoms with Gasteiger partial charge in [-0.1, -0.05) is 19.9 Å². The van der Waals surface area contributed by atoms with Crippen molar-refractivity contribution in [3.63, 3.8) is 0 Å². The van der Waals surface area contributed by atoms with E-state index in [0.717, 1.165) is 0 Å². The van der Waals surface area contributed by atoms with Crippen LogP contribution in [0.5, 0.6) is 0 Å². The summed E-state index contributed by atoms with van der Waals surface area (Å²) in [5.41, 5.74) is 0.628. The second-order valence-corrected chi connectivity index (χ2v) is 5.00. The van der Waals surface area contributed by atoms with Gasteiger partial charge < -0.3 is 5.32 Å². The quantitative estimate of drug-likeness (QED) is 0.944. The van der Waals surface area contributed by atoms with Gasteiger partial charge in [-0.15, -0.1) is 0 Å². The lowest BCUT2D eigenvalue weighted by Crippen LogP contribution is -2.34. The molecule has 0 fully saturated rings. The molecule has 2 aromatic heterocycles. The average Bonchev–Trinajstić information content (AvgIpc) is 2.90. The zero-order valence-corrected chi connectivity index (χ0v) is 12.1. The van der Waals surface area contributed by atoms with Crippen LogP contribution >= 0.6 is 0 Å². The third-order valence-electron chi connectivity index (χ3n) is 2.91. The Balaban J connectivity index is 2.34. The molecule has 0 saturated heterocycles. The Morgan fingerprint density at radius 3 is 2.64 bits per heavy atom. The summed E-state index contributed by atoms with van der Waals surface area (Å²) in [6.45, 7) is 2.28. The molecule has 118 valence electrons. The summed E-state index contributed by atoms with van der Waals surface area (Å²) in [4.78, 5) is 16.1. The lowest BCUT2D eigenvalue weighted by molar-refractivity contribution is -0.123. The lowest BCUT2D eigenvalue weighted by atomic mass is 10.1. The summed E-state index contributed by atoms with van der Waals surface area (Å²) in [7, 11) is 0. The van der Waals surface area contributed by atoms with Gasteiger partial charge in [0, 0.05) is 6.20 Å². The molecule has 0 unspecified atom stereocenters. The number of nitrogens with one attached hydrogen (secondary N) is 1. The Labute approximate surface area is 125 Å². The van der Waals surface area contributed by atoms with Crippen LogP contribution in [0.2, 0.25) is 0 Å². The van der Waals surface area contributed by atoms with Gasteiger partial charge in [0.1, 0.15) is 6.54 Å². The van der Waals surface area contributed by atoms with Gasteiger partial charge in [0.2, 0.25) is 0 Å². The summed E-state index contributed by atoms with van der Waals surface area (Å²) >= 11 is 0. The van der Waals surface area contributed by atoms with Crippen LogP contribution in [-0.4, -0.2) is 33.4 Å². The third-order valence-corrected chi connectivity index (χ3v) is 2.91. The second kappa shape index (κ2) is 6.17. The van der Waals surface area contributed by atoms with Crippen molar-refractivity contribution in [2.45, 2.75) is 25.9 Å². The molecule has 0 aliphatic carbocycles. The van der Waals surface area contributed by atoms with E-state index in [1.807, 2.05) is 19.2 Å². The van der Waals surface area contributed by atoms with Crippen LogP contribution in [0.1, 0.15) is 35.8 Å². The number of carbonyl (C=O) groups excluding carboxylic acids is 1. The number of hydrogen-bond donors (Lipinski definition) is 1. The van der Waals surface area contributed by atoms with Crippen LogP contribution in [0.3, 0.4) is 0 Å². The van der Waals surface area contributed by atoms with Crippen molar-refractivity contribution >= 4 is 5.91 Å². The zero-order valence-electron chi connectivity index (χ0n) is 12.1. The van der Waals surface area contributed by atoms with E-state index in [1.54, 1.807) is 24.4 Å². The van der Waals surface area contributed by atoms with Crippen LogP contribution < -0.4 is 5.32 Å². The largest absolute Gasteiger partial charge is 0.405 e. The van der Waals surface area contributed by atoms with Crippen molar-refractivity contribution in [1.82, 2.24) is 20.1 Å². The maximum Gasteiger partial charge on any atom is 0.405 e. The molecule has 2 rings (SSSR count). The van der Waals surface area contributed by atoms with E-state index in [0.29, 0.717) is 11.5 Å². The van der Waals surface area contributed by atoms with Crippen LogP contribution in [-0.2, 0) is 0 Å². The van der Waals surface area contributed by atoms with E-state index in [4.69, 9.17) is 0 Å². The Morgan fingerprint density at radius 1 is 1.36 bits per heavy atom. The molecule has 0 bridgehead atoms. The molecule has 22 heavy (non-hydrogen) atoms.